The second-order valence-electron chi connectivity index (χ2n) is 7.81. The van der Waals surface area contributed by atoms with Gasteiger partial charge in [-0.3, -0.25) is 0 Å². The highest BCUT2D eigenvalue weighted by atomic mass is 16.5. The van der Waals surface area contributed by atoms with E-state index in [2.05, 4.69) is 90.2 Å². The molecular formula is C25H20BN3O. The molecule has 0 aliphatic carbocycles. The van der Waals surface area contributed by atoms with Crippen molar-refractivity contribution in [2.45, 2.75) is 13.8 Å². The van der Waals surface area contributed by atoms with Crippen molar-refractivity contribution in [2.75, 3.05) is 9.62 Å². The third kappa shape index (κ3) is 2.38. The first-order valence-corrected chi connectivity index (χ1v) is 10.2. The number of aromatic nitrogens is 1. The van der Waals surface area contributed by atoms with E-state index in [-0.39, 0.29) is 7.19 Å². The number of benzene rings is 3. The van der Waals surface area contributed by atoms with Gasteiger partial charge in [-0.15, -0.1) is 0 Å². The van der Waals surface area contributed by atoms with Crippen LogP contribution in [0.25, 0.3) is 11.1 Å². The average Bonchev–Trinajstić information content (AvgIpc) is 3.01. The van der Waals surface area contributed by atoms with Gasteiger partial charge in [0.2, 0.25) is 0 Å². The molecule has 0 bridgehead atoms. The summed E-state index contributed by atoms with van der Waals surface area (Å²) in [6, 6.07) is 27.3. The van der Waals surface area contributed by atoms with Crippen molar-refractivity contribution in [3.8, 4) is 16.9 Å². The molecule has 0 unspecified atom stereocenters. The maximum atomic E-state index is 6.69. The van der Waals surface area contributed by atoms with Crippen molar-refractivity contribution in [1.29, 1.82) is 0 Å². The SMILES string of the molecule is Cc1cnc(N2B3Oc4ccccc4-c4ccccc4N3c3ccccc32)cc1C. The number of nitrogens with zero attached hydrogens (tertiary/aromatic N) is 3. The molecule has 1 aromatic heterocycles. The fraction of sp³-hybridized carbons (Fsp3) is 0.0800. The zero-order chi connectivity index (χ0) is 20.2. The Morgan fingerprint density at radius 1 is 0.700 bits per heavy atom. The predicted molar refractivity (Wildman–Crippen MR) is 123 cm³/mol. The van der Waals surface area contributed by atoms with Gasteiger partial charge in [0.05, 0.1) is 11.4 Å². The van der Waals surface area contributed by atoms with Crippen LogP contribution in [-0.4, -0.2) is 12.2 Å². The summed E-state index contributed by atoms with van der Waals surface area (Å²) < 4.78 is 6.69. The largest absolute Gasteiger partial charge is 0.629 e. The average molecular weight is 389 g/mol. The molecule has 144 valence electrons. The van der Waals surface area contributed by atoms with Crippen molar-refractivity contribution < 1.29 is 4.65 Å². The molecule has 0 N–H and O–H groups in total. The zero-order valence-corrected chi connectivity index (χ0v) is 16.9. The van der Waals surface area contributed by atoms with Crippen LogP contribution in [0.4, 0.5) is 22.9 Å². The molecule has 4 aromatic rings. The number of pyridine rings is 1. The number of hydrogen-bond acceptors (Lipinski definition) is 4. The number of rotatable bonds is 1. The van der Waals surface area contributed by atoms with Crippen LogP contribution in [-0.2, 0) is 0 Å². The molecule has 3 aromatic carbocycles. The molecular weight excluding hydrogens is 369 g/mol. The van der Waals surface area contributed by atoms with Crippen molar-refractivity contribution in [2.24, 2.45) is 0 Å². The molecule has 0 fully saturated rings. The van der Waals surface area contributed by atoms with E-state index < -0.39 is 0 Å². The Hall–Kier alpha value is -3.73. The van der Waals surface area contributed by atoms with E-state index in [9.17, 15) is 0 Å². The molecule has 3 heterocycles. The molecule has 2 aliphatic heterocycles. The number of hydrogen-bond donors (Lipinski definition) is 0. The van der Waals surface area contributed by atoms with Crippen LogP contribution in [0.2, 0.25) is 0 Å². The first-order valence-electron chi connectivity index (χ1n) is 10.2. The lowest BCUT2D eigenvalue weighted by Crippen LogP contribution is -2.48. The third-order valence-electron chi connectivity index (χ3n) is 6.02. The molecule has 5 heteroatoms. The van der Waals surface area contributed by atoms with Crippen LogP contribution in [0.3, 0.4) is 0 Å². The van der Waals surface area contributed by atoms with E-state index in [1.54, 1.807) is 0 Å². The number of aryl methyl sites for hydroxylation is 2. The first kappa shape index (κ1) is 17.2. The van der Waals surface area contributed by atoms with Gasteiger partial charge in [-0.1, -0.05) is 48.5 Å². The predicted octanol–water partition coefficient (Wildman–Crippen LogP) is 6.03. The fourth-order valence-corrected chi connectivity index (χ4v) is 4.37. The zero-order valence-electron chi connectivity index (χ0n) is 16.9. The van der Waals surface area contributed by atoms with Crippen molar-refractivity contribution >= 4 is 30.1 Å². The topological polar surface area (TPSA) is 28.6 Å². The summed E-state index contributed by atoms with van der Waals surface area (Å²) in [7, 11) is -0.359. The Kier molecular flexibility index (Phi) is 3.66. The van der Waals surface area contributed by atoms with Crippen LogP contribution in [0.15, 0.2) is 85.1 Å². The van der Waals surface area contributed by atoms with Gasteiger partial charge < -0.3 is 14.3 Å². The number of anilines is 4. The van der Waals surface area contributed by atoms with E-state index in [1.807, 2.05) is 18.3 Å². The Morgan fingerprint density at radius 2 is 1.33 bits per heavy atom. The smallest absolute Gasteiger partial charge is 0.522 e. The maximum absolute atomic E-state index is 6.69. The molecule has 0 atom stereocenters. The minimum absolute atomic E-state index is 0.359. The highest BCUT2D eigenvalue weighted by Crippen LogP contribution is 2.51. The molecule has 6 rings (SSSR count). The van der Waals surface area contributed by atoms with E-state index in [1.165, 1.54) is 16.7 Å². The molecule has 0 radical (unpaired) electrons. The monoisotopic (exact) mass is 389 g/mol. The minimum atomic E-state index is -0.359. The Morgan fingerprint density at radius 3 is 2.10 bits per heavy atom. The lowest BCUT2D eigenvalue weighted by molar-refractivity contribution is 0.572. The van der Waals surface area contributed by atoms with Gasteiger partial charge in [0.25, 0.3) is 0 Å². The van der Waals surface area contributed by atoms with E-state index in [0.29, 0.717) is 0 Å². The van der Waals surface area contributed by atoms with Crippen molar-refractivity contribution in [1.82, 2.24) is 4.98 Å². The summed E-state index contributed by atoms with van der Waals surface area (Å²) in [5, 5.41) is 0. The summed E-state index contributed by atoms with van der Waals surface area (Å²) in [6.45, 7) is 4.21. The van der Waals surface area contributed by atoms with Crippen LogP contribution >= 0.6 is 0 Å². The van der Waals surface area contributed by atoms with E-state index in [4.69, 9.17) is 9.64 Å². The van der Waals surface area contributed by atoms with Gasteiger partial charge in [0.1, 0.15) is 11.6 Å². The molecule has 0 amide bonds. The van der Waals surface area contributed by atoms with Crippen LogP contribution in [0, 0.1) is 13.8 Å². The van der Waals surface area contributed by atoms with Gasteiger partial charge >= 0.3 is 7.19 Å². The Labute approximate surface area is 176 Å². The molecule has 0 saturated heterocycles. The van der Waals surface area contributed by atoms with Gasteiger partial charge in [0.15, 0.2) is 0 Å². The summed E-state index contributed by atoms with van der Waals surface area (Å²) >= 11 is 0. The van der Waals surface area contributed by atoms with Crippen molar-refractivity contribution in [3.05, 3.63) is 96.2 Å². The minimum Gasteiger partial charge on any atom is -0.522 e. The van der Waals surface area contributed by atoms with Crippen molar-refractivity contribution in [3.63, 3.8) is 0 Å². The van der Waals surface area contributed by atoms with Crippen LogP contribution in [0.5, 0.6) is 5.75 Å². The number of para-hydroxylation sites is 4. The second-order valence-corrected chi connectivity index (χ2v) is 7.81. The summed E-state index contributed by atoms with van der Waals surface area (Å²) in [6.07, 6.45) is 1.94. The van der Waals surface area contributed by atoms with Crippen LogP contribution < -0.4 is 14.3 Å². The quantitative estimate of drug-likeness (QED) is 0.372. The molecule has 30 heavy (non-hydrogen) atoms. The highest BCUT2D eigenvalue weighted by molar-refractivity contribution is 6.68. The standard InChI is InChI=1S/C25H20BN3O/c1-17-15-25(27-16-18(17)2)29-23-13-7-6-12-22(23)28-21-11-5-3-9-19(21)20-10-4-8-14-24(20)30-26(28)29/h3-16H,1-2H3. The molecule has 0 spiro atoms. The van der Waals surface area contributed by atoms with E-state index >= 15 is 0 Å². The second kappa shape index (κ2) is 6.39. The van der Waals surface area contributed by atoms with Gasteiger partial charge in [0, 0.05) is 23.0 Å². The lowest BCUT2D eigenvalue weighted by atomic mass is 9.94. The van der Waals surface area contributed by atoms with Gasteiger partial charge in [-0.25, -0.2) is 4.98 Å². The third-order valence-corrected chi connectivity index (χ3v) is 6.02. The normalized spacial score (nSPS) is 13.7. The molecule has 0 saturated carbocycles. The van der Waals surface area contributed by atoms with Gasteiger partial charge in [-0.2, -0.15) is 0 Å². The highest BCUT2D eigenvalue weighted by Gasteiger charge is 2.49. The number of fused-ring (bicyclic) bond motifs is 7. The summed E-state index contributed by atoms with van der Waals surface area (Å²) in [5.41, 5.74) is 8.00. The fourth-order valence-electron chi connectivity index (χ4n) is 4.37. The summed E-state index contributed by atoms with van der Waals surface area (Å²) in [4.78, 5) is 9.25. The van der Waals surface area contributed by atoms with Gasteiger partial charge in [-0.05, 0) is 55.3 Å². The summed E-state index contributed by atoms with van der Waals surface area (Å²) in [5.74, 6) is 1.76. The maximum Gasteiger partial charge on any atom is 0.629 e. The lowest BCUT2D eigenvalue weighted by Gasteiger charge is -2.26. The molecule has 4 nitrogen and oxygen atoms in total. The molecule has 2 aliphatic rings. The Bertz CT molecular complexity index is 1290. The first-order chi connectivity index (χ1) is 14.7. The Balaban J connectivity index is 1.63. The van der Waals surface area contributed by atoms with Crippen LogP contribution in [0.1, 0.15) is 11.1 Å². The van der Waals surface area contributed by atoms with E-state index in [0.717, 1.165) is 34.2 Å².